The summed E-state index contributed by atoms with van der Waals surface area (Å²) in [5, 5.41) is 2.64. The molecule has 2 aromatic rings. The number of rotatable bonds is 9. The Morgan fingerprint density at radius 2 is 1.70 bits per heavy atom. The number of halogens is 1. The van der Waals surface area contributed by atoms with Gasteiger partial charge in [-0.2, -0.15) is 0 Å². The fourth-order valence-electron chi connectivity index (χ4n) is 3.82. The van der Waals surface area contributed by atoms with Gasteiger partial charge in [-0.1, -0.05) is 43.2 Å². The molecular weight excluding hydrogens is 389 g/mol. The summed E-state index contributed by atoms with van der Waals surface area (Å²) in [5.41, 5.74) is -0.670. The van der Waals surface area contributed by atoms with E-state index in [9.17, 15) is 14.0 Å². The van der Waals surface area contributed by atoms with Gasteiger partial charge in [0.25, 0.3) is 5.91 Å². The predicted octanol–water partition coefficient (Wildman–Crippen LogP) is 3.38. The van der Waals surface area contributed by atoms with Crippen LogP contribution in [0.25, 0.3) is 0 Å². The molecule has 1 aliphatic carbocycles. The van der Waals surface area contributed by atoms with Crippen molar-refractivity contribution in [1.82, 2.24) is 5.32 Å². The molecule has 1 fully saturated rings. The van der Waals surface area contributed by atoms with Crippen LogP contribution in [0.4, 0.5) is 4.39 Å². The fourth-order valence-corrected chi connectivity index (χ4v) is 3.82. The first kappa shape index (κ1) is 21.6. The average molecular weight is 415 g/mol. The zero-order valence-electron chi connectivity index (χ0n) is 17.0. The van der Waals surface area contributed by atoms with Gasteiger partial charge in [-0.25, -0.2) is 4.39 Å². The number of ether oxygens (including phenoxy) is 3. The van der Waals surface area contributed by atoms with Crippen LogP contribution in [0.3, 0.4) is 0 Å². The van der Waals surface area contributed by atoms with E-state index in [0.29, 0.717) is 29.9 Å². The molecule has 0 heterocycles. The largest absolute Gasteiger partial charge is 0.493 e. The van der Waals surface area contributed by atoms with E-state index in [-0.39, 0.29) is 13.2 Å². The highest BCUT2D eigenvalue weighted by Gasteiger charge is 2.45. The highest BCUT2D eigenvalue weighted by atomic mass is 19.1. The van der Waals surface area contributed by atoms with Crippen molar-refractivity contribution in [2.45, 2.75) is 31.1 Å². The Bertz CT molecular complexity index is 879. The van der Waals surface area contributed by atoms with Crippen molar-refractivity contribution in [3.63, 3.8) is 0 Å². The van der Waals surface area contributed by atoms with Gasteiger partial charge in [0, 0.05) is 5.56 Å². The van der Waals surface area contributed by atoms with Crippen molar-refractivity contribution in [2.75, 3.05) is 26.9 Å². The van der Waals surface area contributed by atoms with Gasteiger partial charge in [0.1, 0.15) is 12.4 Å². The summed E-state index contributed by atoms with van der Waals surface area (Å²) in [4.78, 5) is 24.9. The molecule has 0 spiro atoms. The maximum absolute atomic E-state index is 14.3. The lowest BCUT2D eigenvalue weighted by Gasteiger charge is -2.27. The first-order valence-electron chi connectivity index (χ1n) is 10.0. The molecule has 3 rings (SSSR count). The number of amides is 1. The SMILES string of the molecule is COc1ccccc1OCCNC(=O)COC(=O)C1(c2ccccc2F)CCCC1. The Morgan fingerprint density at radius 3 is 2.40 bits per heavy atom. The molecule has 30 heavy (non-hydrogen) atoms. The number of para-hydroxylation sites is 2. The lowest BCUT2D eigenvalue weighted by atomic mass is 9.78. The lowest BCUT2D eigenvalue weighted by molar-refractivity contribution is -0.154. The number of hydrogen-bond donors (Lipinski definition) is 1. The van der Waals surface area contributed by atoms with E-state index in [0.717, 1.165) is 12.8 Å². The second-order valence-corrected chi connectivity index (χ2v) is 7.19. The summed E-state index contributed by atoms with van der Waals surface area (Å²) < 4.78 is 30.4. The Kier molecular flexibility index (Phi) is 7.27. The van der Waals surface area contributed by atoms with Crippen LogP contribution < -0.4 is 14.8 Å². The van der Waals surface area contributed by atoms with Gasteiger partial charge in [-0.3, -0.25) is 9.59 Å². The first-order chi connectivity index (χ1) is 14.6. The molecule has 0 unspecified atom stereocenters. The topological polar surface area (TPSA) is 73.9 Å². The minimum absolute atomic E-state index is 0.235. The second kappa shape index (κ2) is 10.1. The van der Waals surface area contributed by atoms with Gasteiger partial charge >= 0.3 is 5.97 Å². The maximum Gasteiger partial charge on any atom is 0.317 e. The third kappa shape index (κ3) is 4.90. The number of carbonyl (C=O) groups is 2. The standard InChI is InChI=1S/C23H26FNO5/c1-28-19-10-4-5-11-20(19)29-15-14-25-21(26)16-30-22(27)23(12-6-7-13-23)17-8-2-3-9-18(17)24/h2-5,8-11H,6-7,12-16H2,1H3,(H,25,26). The van der Waals surface area contributed by atoms with E-state index in [1.54, 1.807) is 37.4 Å². The van der Waals surface area contributed by atoms with E-state index in [1.807, 2.05) is 12.1 Å². The van der Waals surface area contributed by atoms with Gasteiger partial charge in [0.15, 0.2) is 18.1 Å². The van der Waals surface area contributed by atoms with Crippen LogP contribution in [0, 0.1) is 5.82 Å². The molecule has 6 nitrogen and oxygen atoms in total. The van der Waals surface area contributed by atoms with Gasteiger partial charge < -0.3 is 19.5 Å². The number of esters is 1. The highest BCUT2D eigenvalue weighted by Crippen LogP contribution is 2.43. The minimum atomic E-state index is -1.02. The monoisotopic (exact) mass is 415 g/mol. The summed E-state index contributed by atoms with van der Waals surface area (Å²) in [6, 6.07) is 13.5. The number of hydrogen-bond acceptors (Lipinski definition) is 5. The summed E-state index contributed by atoms with van der Waals surface area (Å²) in [7, 11) is 1.55. The van der Waals surface area contributed by atoms with Gasteiger partial charge in [0.2, 0.25) is 0 Å². The Morgan fingerprint density at radius 1 is 1.03 bits per heavy atom. The average Bonchev–Trinajstić information content (AvgIpc) is 3.26. The Labute approximate surface area is 175 Å². The first-order valence-corrected chi connectivity index (χ1v) is 10.0. The number of benzene rings is 2. The quantitative estimate of drug-likeness (QED) is 0.502. The number of methoxy groups -OCH3 is 1. The van der Waals surface area contributed by atoms with E-state index in [4.69, 9.17) is 14.2 Å². The van der Waals surface area contributed by atoms with Crippen LogP contribution in [-0.2, 0) is 19.7 Å². The molecule has 0 aliphatic heterocycles. The summed E-state index contributed by atoms with van der Waals surface area (Å²) in [6.07, 6.45) is 2.66. The van der Waals surface area contributed by atoms with Crippen molar-refractivity contribution in [3.05, 3.63) is 59.9 Å². The van der Waals surface area contributed by atoms with Crippen molar-refractivity contribution in [3.8, 4) is 11.5 Å². The number of carbonyl (C=O) groups excluding carboxylic acids is 2. The predicted molar refractivity (Wildman–Crippen MR) is 109 cm³/mol. The molecule has 0 radical (unpaired) electrons. The van der Waals surface area contributed by atoms with Crippen LogP contribution in [-0.4, -0.2) is 38.7 Å². The minimum Gasteiger partial charge on any atom is -0.493 e. The van der Waals surface area contributed by atoms with Crippen LogP contribution >= 0.6 is 0 Å². The summed E-state index contributed by atoms with van der Waals surface area (Å²) in [5.74, 6) is -0.227. The third-order valence-corrected chi connectivity index (χ3v) is 5.32. The molecule has 0 bridgehead atoms. The molecule has 2 aromatic carbocycles. The summed E-state index contributed by atoms with van der Waals surface area (Å²) >= 11 is 0. The maximum atomic E-state index is 14.3. The molecule has 1 N–H and O–H groups in total. The van der Waals surface area contributed by atoms with Crippen molar-refractivity contribution < 1.29 is 28.2 Å². The molecule has 0 aromatic heterocycles. The van der Waals surface area contributed by atoms with Crippen molar-refractivity contribution >= 4 is 11.9 Å². The summed E-state index contributed by atoms with van der Waals surface area (Å²) in [6.45, 7) is 0.0653. The smallest absolute Gasteiger partial charge is 0.317 e. The van der Waals surface area contributed by atoms with Crippen LogP contribution in [0.5, 0.6) is 11.5 Å². The van der Waals surface area contributed by atoms with Crippen LogP contribution in [0.2, 0.25) is 0 Å². The molecule has 7 heteroatoms. The normalized spacial score (nSPS) is 14.7. The zero-order chi connectivity index (χ0) is 21.4. The van der Waals surface area contributed by atoms with E-state index in [1.165, 1.54) is 6.07 Å². The van der Waals surface area contributed by atoms with Crippen molar-refractivity contribution in [1.29, 1.82) is 0 Å². The zero-order valence-corrected chi connectivity index (χ0v) is 17.0. The molecule has 0 saturated heterocycles. The van der Waals surface area contributed by atoms with Crippen LogP contribution in [0.15, 0.2) is 48.5 Å². The molecule has 1 amide bonds. The molecule has 1 saturated carbocycles. The molecule has 1 aliphatic rings. The van der Waals surface area contributed by atoms with E-state index in [2.05, 4.69) is 5.32 Å². The van der Waals surface area contributed by atoms with Gasteiger partial charge in [0.05, 0.1) is 19.1 Å². The highest BCUT2D eigenvalue weighted by molar-refractivity contribution is 5.86. The van der Waals surface area contributed by atoms with Crippen LogP contribution in [0.1, 0.15) is 31.2 Å². The number of nitrogens with one attached hydrogen (secondary N) is 1. The molecule has 160 valence electrons. The Balaban J connectivity index is 1.48. The third-order valence-electron chi connectivity index (χ3n) is 5.32. The molecule has 0 atom stereocenters. The van der Waals surface area contributed by atoms with E-state index >= 15 is 0 Å². The van der Waals surface area contributed by atoms with Crippen molar-refractivity contribution in [2.24, 2.45) is 0 Å². The van der Waals surface area contributed by atoms with Gasteiger partial charge in [-0.05, 0) is 31.0 Å². The second-order valence-electron chi connectivity index (χ2n) is 7.19. The van der Waals surface area contributed by atoms with Gasteiger partial charge in [-0.15, -0.1) is 0 Å². The van der Waals surface area contributed by atoms with E-state index < -0.39 is 29.7 Å². The fraction of sp³-hybridized carbons (Fsp3) is 0.391. The molecular formula is C23H26FNO5. The Hall–Kier alpha value is -3.09. The lowest BCUT2D eigenvalue weighted by Crippen LogP contribution is -2.39.